The molecule has 0 aromatic heterocycles. The van der Waals surface area contributed by atoms with E-state index in [1.165, 1.54) is 18.2 Å². The Kier molecular flexibility index (Phi) is 7.38. The predicted octanol–water partition coefficient (Wildman–Crippen LogP) is 5.24. The number of esters is 1. The van der Waals surface area contributed by atoms with E-state index in [0.717, 1.165) is 18.2 Å². The fourth-order valence-electron chi connectivity index (χ4n) is 4.02. The van der Waals surface area contributed by atoms with Gasteiger partial charge in [-0.3, -0.25) is 9.11 Å². The summed E-state index contributed by atoms with van der Waals surface area (Å²) in [6.45, 7) is 0. The number of hydrogen-bond acceptors (Lipinski definition) is 8. The van der Waals surface area contributed by atoms with Crippen LogP contribution in [0.5, 0.6) is 11.5 Å². The van der Waals surface area contributed by atoms with Crippen LogP contribution in [0, 0.1) is 0 Å². The van der Waals surface area contributed by atoms with Gasteiger partial charge in [-0.15, -0.1) is 0 Å². The van der Waals surface area contributed by atoms with Crippen molar-refractivity contribution in [3.05, 3.63) is 82.1 Å². The van der Waals surface area contributed by atoms with E-state index in [-0.39, 0.29) is 36.8 Å². The Morgan fingerprint density at radius 3 is 1.89 bits per heavy atom. The first-order valence-electron chi connectivity index (χ1n) is 9.67. The van der Waals surface area contributed by atoms with Crippen LogP contribution in [0.3, 0.4) is 0 Å². The van der Waals surface area contributed by atoms with Gasteiger partial charge >= 0.3 is 5.97 Å². The first kappa shape index (κ1) is 28.5. The lowest BCUT2D eigenvalue weighted by Crippen LogP contribution is -2.30. The average Bonchev–Trinajstić information content (AvgIpc) is 3.10. The molecule has 0 aliphatic carbocycles. The minimum absolute atomic E-state index is 0.0211. The monoisotopic (exact) mass is 804 g/mol. The van der Waals surface area contributed by atoms with Crippen molar-refractivity contribution in [1.82, 2.24) is 0 Å². The quantitative estimate of drug-likeness (QED) is 0.115. The highest BCUT2D eigenvalue weighted by Crippen LogP contribution is 2.56. The van der Waals surface area contributed by atoms with Crippen molar-refractivity contribution in [2.75, 3.05) is 0 Å². The number of carbonyl (C=O) groups is 1. The third kappa shape index (κ3) is 4.86. The third-order valence-electron chi connectivity index (χ3n) is 5.54. The van der Waals surface area contributed by atoms with Crippen LogP contribution >= 0.6 is 63.7 Å². The van der Waals surface area contributed by atoms with Crippen LogP contribution in [0.1, 0.15) is 32.6 Å². The zero-order valence-corrected chi connectivity index (χ0v) is 25.7. The summed E-state index contributed by atoms with van der Waals surface area (Å²) in [5.74, 6) is -3.10. The van der Waals surface area contributed by atoms with Gasteiger partial charge in [0.05, 0.1) is 5.56 Å². The molecule has 10 nitrogen and oxygen atoms in total. The van der Waals surface area contributed by atoms with Crippen molar-refractivity contribution in [3.63, 3.8) is 0 Å². The first-order valence-corrected chi connectivity index (χ1v) is 15.9. The van der Waals surface area contributed by atoms with E-state index in [4.69, 9.17) is 4.74 Å². The van der Waals surface area contributed by atoms with E-state index in [1.54, 1.807) is 0 Å². The number of cyclic esters (lactones) is 1. The molecule has 0 saturated heterocycles. The number of phenolic OH excluding ortho intramolecular Hbond substituents is 2. The van der Waals surface area contributed by atoms with Crippen molar-refractivity contribution in [2.24, 2.45) is 0 Å². The highest BCUT2D eigenvalue weighted by atomic mass is 79.9. The van der Waals surface area contributed by atoms with E-state index >= 15 is 0 Å². The number of benzene rings is 3. The average molecular weight is 808 g/mol. The number of phenols is 2. The normalized spacial score (nSPS) is 17.5. The summed E-state index contributed by atoms with van der Waals surface area (Å²) in [7, 11) is -9.54. The van der Waals surface area contributed by atoms with Gasteiger partial charge in [0, 0.05) is 40.1 Å². The molecule has 4 N–H and O–H groups in total. The molecule has 4 rings (SSSR count). The number of carbonyl (C=O) groups excluding carboxylic acids is 1. The van der Waals surface area contributed by atoms with Crippen LogP contribution in [0.4, 0.5) is 0 Å². The molecule has 1 aliphatic heterocycles. The maximum atomic E-state index is 13.3. The molecule has 1 atom stereocenters. The van der Waals surface area contributed by atoms with Gasteiger partial charge in [0.2, 0.25) is 0 Å². The van der Waals surface area contributed by atoms with E-state index in [1.807, 2.05) is 0 Å². The second kappa shape index (κ2) is 9.59. The molecule has 0 fully saturated rings. The first-order chi connectivity index (χ1) is 17.0. The Morgan fingerprint density at radius 1 is 0.784 bits per heavy atom. The molecule has 0 amide bonds. The van der Waals surface area contributed by atoms with Gasteiger partial charge < -0.3 is 14.9 Å². The van der Waals surface area contributed by atoms with Crippen LogP contribution in [-0.2, 0) is 36.3 Å². The molecule has 1 heterocycles. The smallest absolute Gasteiger partial charge is 0.341 e. The fourth-order valence-corrected chi connectivity index (χ4v) is 7.82. The lowest BCUT2D eigenvalue weighted by Gasteiger charge is -2.32. The van der Waals surface area contributed by atoms with Crippen molar-refractivity contribution < 1.29 is 45.7 Å². The largest absolute Gasteiger partial charge is 0.508 e. The Bertz CT molecular complexity index is 1720. The fraction of sp³-hybridized carbons (Fsp3) is 0.0952. The number of ether oxygens (including phenoxy) is 1. The standard InChI is InChI=1S/C21H12Br4O10S2/c22-16-14-15(17(23)19(25)18(16)24)21(35-20(14)28,10-2-4-12(27)13(6-10)37(32,33)34)9-1-3-11(26)8(5-9)7-36(29,30)31/h1-6,26-27H,7H2,(H,29,30,31)(H,32,33,34). The SMILES string of the molecule is O=C1OC(c2ccc(O)c(CS(=O)(=O)O)c2)(c2ccc(O)c(S(=O)(=O)O)c2)c2c(Br)c(Br)c(Br)c(Br)c21. The van der Waals surface area contributed by atoms with Crippen LogP contribution < -0.4 is 0 Å². The summed E-state index contributed by atoms with van der Waals surface area (Å²) in [6.07, 6.45) is 0. The van der Waals surface area contributed by atoms with E-state index in [0.29, 0.717) is 8.95 Å². The minimum atomic E-state index is -4.94. The van der Waals surface area contributed by atoms with Gasteiger partial charge in [-0.1, -0.05) is 12.1 Å². The Hall–Kier alpha value is -1.53. The zero-order valence-electron chi connectivity index (χ0n) is 17.7. The van der Waals surface area contributed by atoms with Crippen molar-refractivity contribution in [1.29, 1.82) is 0 Å². The molecule has 1 aliphatic rings. The molecule has 0 bridgehead atoms. The summed E-state index contributed by atoms with van der Waals surface area (Å²) in [4.78, 5) is 12.4. The lowest BCUT2D eigenvalue weighted by atomic mass is 9.79. The van der Waals surface area contributed by atoms with Gasteiger partial charge in [-0.05, 0) is 88.0 Å². The number of aromatic hydroxyl groups is 2. The molecule has 0 spiro atoms. The minimum Gasteiger partial charge on any atom is -0.508 e. The second-order valence-electron chi connectivity index (χ2n) is 7.80. The van der Waals surface area contributed by atoms with Crippen LogP contribution in [0.2, 0.25) is 0 Å². The molecule has 3 aromatic carbocycles. The highest BCUT2D eigenvalue weighted by Gasteiger charge is 2.52. The van der Waals surface area contributed by atoms with Gasteiger partial charge in [0.25, 0.3) is 20.2 Å². The highest BCUT2D eigenvalue weighted by molar-refractivity contribution is 9.15. The number of halogens is 4. The Morgan fingerprint density at radius 2 is 1.32 bits per heavy atom. The summed E-state index contributed by atoms with van der Waals surface area (Å²) in [6, 6.07) is 6.71. The number of hydrogen-bond donors (Lipinski definition) is 4. The molecule has 1 unspecified atom stereocenters. The topological polar surface area (TPSA) is 176 Å². The van der Waals surface area contributed by atoms with Crippen LogP contribution in [0.15, 0.2) is 59.2 Å². The maximum absolute atomic E-state index is 13.3. The molecule has 37 heavy (non-hydrogen) atoms. The van der Waals surface area contributed by atoms with E-state index in [9.17, 15) is 40.9 Å². The van der Waals surface area contributed by atoms with Crippen LogP contribution in [0.25, 0.3) is 0 Å². The second-order valence-corrected chi connectivity index (χ2v) is 13.8. The summed E-state index contributed by atoms with van der Waals surface area (Å²) in [5, 5.41) is 20.3. The number of rotatable bonds is 5. The molecular formula is C21H12Br4O10S2. The van der Waals surface area contributed by atoms with Crippen molar-refractivity contribution in [3.8, 4) is 11.5 Å². The number of fused-ring (bicyclic) bond motifs is 1. The molecule has 3 aromatic rings. The molecular weight excluding hydrogens is 796 g/mol. The van der Waals surface area contributed by atoms with Gasteiger partial charge in [-0.2, -0.15) is 16.8 Å². The Labute approximate surface area is 243 Å². The van der Waals surface area contributed by atoms with Gasteiger partial charge in [0.1, 0.15) is 22.1 Å². The summed E-state index contributed by atoms with van der Waals surface area (Å²) in [5.41, 5.74) is -2.09. The summed E-state index contributed by atoms with van der Waals surface area (Å²) < 4.78 is 73.5. The van der Waals surface area contributed by atoms with E-state index in [2.05, 4.69) is 63.7 Å². The zero-order chi connectivity index (χ0) is 27.7. The molecule has 0 saturated carbocycles. The van der Waals surface area contributed by atoms with Crippen LogP contribution in [-0.4, -0.2) is 42.1 Å². The third-order valence-corrected chi connectivity index (χ3v) is 11.9. The lowest BCUT2D eigenvalue weighted by molar-refractivity contribution is 0.0248. The predicted molar refractivity (Wildman–Crippen MR) is 144 cm³/mol. The Balaban J connectivity index is 2.20. The summed E-state index contributed by atoms with van der Waals surface area (Å²) >= 11 is 13.5. The van der Waals surface area contributed by atoms with Gasteiger partial charge in [0.15, 0.2) is 5.60 Å². The molecule has 0 radical (unpaired) electrons. The van der Waals surface area contributed by atoms with E-state index < -0.39 is 54.0 Å². The van der Waals surface area contributed by atoms with Crippen molar-refractivity contribution in [2.45, 2.75) is 16.2 Å². The van der Waals surface area contributed by atoms with Crippen molar-refractivity contribution >= 4 is 89.9 Å². The molecule has 196 valence electrons. The maximum Gasteiger partial charge on any atom is 0.341 e. The molecule has 16 heteroatoms. The van der Waals surface area contributed by atoms with Gasteiger partial charge in [-0.25, -0.2) is 4.79 Å².